The van der Waals surface area contributed by atoms with E-state index >= 15 is 0 Å². The maximum Gasteiger partial charge on any atom is 0.269 e. The monoisotopic (exact) mass is 413 g/mol. The summed E-state index contributed by atoms with van der Waals surface area (Å²) in [4.78, 5) is 18.8. The van der Waals surface area contributed by atoms with Crippen LogP contribution in [0.3, 0.4) is 0 Å². The fraction of sp³-hybridized carbons (Fsp3) is 0.778. The number of ether oxygens (including phenoxy) is 1. The second-order valence-corrected chi connectivity index (χ2v) is 9.60. The number of imidazole rings is 1. The number of hydrogen-bond donors (Lipinski definition) is 1. The standard InChI is InChI=1S/C18H31N5O4S/c1-21-14-19-13-17(21)18(24)20-7-10-23(16-5-11-27-12-6-16)15-3-8-22(9-4-15)28(2,25)26/h13-16H,3-12H2,1-2H3,(H,20,24). The van der Waals surface area contributed by atoms with E-state index in [0.29, 0.717) is 37.4 Å². The number of rotatable bonds is 7. The van der Waals surface area contributed by atoms with Gasteiger partial charge in [-0.1, -0.05) is 0 Å². The zero-order valence-electron chi connectivity index (χ0n) is 16.7. The molecule has 0 unspecified atom stereocenters. The molecular formula is C18H31N5O4S. The number of amides is 1. The molecule has 3 heterocycles. The molecule has 0 aromatic carbocycles. The molecule has 0 saturated carbocycles. The Hall–Kier alpha value is -1.49. The Morgan fingerprint density at radius 2 is 1.89 bits per heavy atom. The summed E-state index contributed by atoms with van der Waals surface area (Å²) < 4.78 is 32.4. The Morgan fingerprint density at radius 1 is 1.25 bits per heavy atom. The van der Waals surface area contributed by atoms with E-state index in [-0.39, 0.29) is 5.91 Å². The highest BCUT2D eigenvalue weighted by molar-refractivity contribution is 7.88. The molecule has 28 heavy (non-hydrogen) atoms. The zero-order chi connectivity index (χ0) is 20.1. The number of carbonyl (C=O) groups excluding carboxylic acids is 1. The number of piperidine rings is 1. The molecule has 0 atom stereocenters. The summed E-state index contributed by atoms with van der Waals surface area (Å²) in [6.45, 7) is 3.93. The van der Waals surface area contributed by atoms with Crippen molar-refractivity contribution in [2.24, 2.45) is 7.05 Å². The van der Waals surface area contributed by atoms with Crippen molar-refractivity contribution < 1.29 is 17.9 Å². The van der Waals surface area contributed by atoms with Crippen LogP contribution in [0.1, 0.15) is 36.2 Å². The van der Waals surface area contributed by atoms with Crippen LogP contribution in [-0.2, 0) is 21.8 Å². The summed E-state index contributed by atoms with van der Waals surface area (Å²) in [5.41, 5.74) is 0.541. The predicted molar refractivity (Wildman–Crippen MR) is 106 cm³/mol. The second-order valence-electron chi connectivity index (χ2n) is 7.62. The average Bonchev–Trinajstić information content (AvgIpc) is 3.11. The summed E-state index contributed by atoms with van der Waals surface area (Å²) in [6, 6.07) is 0.742. The Morgan fingerprint density at radius 3 is 2.46 bits per heavy atom. The molecule has 1 aromatic rings. The largest absolute Gasteiger partial charge is 0.381 e. The fourth-order valence-electron chi connectivity index (χ4n) is 4.15. The van der Waals surface area contributed by atoms with E-state index in [1.165, 1.54) is 6.26 Å². The van der Waals surface area contributed by atoms with E-state index < -0.39 is 10.0 Å². The Bertz CT molecular complexity index is 752. The van der Waals surface area contributed by atoms with Gasteiger partial charge in [0.1, 0.15) is 5.69 Å². The lowest BCUT2D eigenvalue weighted by molar-refractivity contribution is 0.00746. The van der Waals surface area contributed by atoms with E-state index in [9.17, 15) is 13.2 Å². The van der Waals surface area contributed by atoms with E-state index in [1.807, 2.05) is 0 Å². The summed E-state index contributed by atoms with van der Waals surface area (Å²) in [5.74, 6) is -0.126. The number of nitrogens with one attached hydrogen (secondary N) is 1. The second kappa shape index (κ2) is 9.34. The highest BCUT2D eigenvalue weighted by atomic mass is 32.2. The van der Waals surface area contributed by atoms with Crippen LogP contribution in [0.25, 0.3) is 0 Å². The van der Waals surface area contributed by atoms with E-state index in [0.717, 1.165) is 45.4 Å². The first-order chi connectivity index (χ1) is 13.4. The van der Waals surface area contributed by atoms with Gasteiger partial charge >= 0.3 is 0 Å². The van der Waals surface area contributed by atoms with Crippen molar-refractivity contribution >= 4 is 15.9 Å². The molecule has 0 bridgehead atoms. The molecule has 0 radical (unpaired) electrons. The van der Waals surface area contributed by atoms with Gasteiger partial charge in [0, 0.05) is 58.5 Å². The first kappa shape index (κ1) is 21.2. The molecule has 0 spiro atoms. The smallest absolute Gasteiger partial charge is 0.269 e. The van der Waals surface area contributed by atoms with Crippen LogP contribution < -0.4 is 5.32 Å². The SMILES string of the molecule is Cn1cncc1C(=O)NCCN(C1CCOCC1)C1CCN(S(C)(=O)=O)CC1. The highest BCUT2D eigenvalue weighted by Crippen LogP contribution is 2.24. The van der Waals surface area contributed by atoms with Crippen LogP contribution in [0, 0.1) is 0 Å². The van der Waals surface area contributed by atoms with Gasteiger partial charge in [-0.2, -0.15) is 0 Å². The molecule has 1 N–H and O–H groups in total. The Labute approximate surface area is 167 Å². The third-order valence-electron chi connectivity index (χ3n) is 5.73. The van der Waals surface area contributed by atoms with Crippen LogP contribution in [0.4, 0.5) is 0 Å². The maximum absolute atomic E-state index is 12.3. The Kier molecular flexibility index (Phi) is 7.08. The molecule has 0 aliphatic carbocycles. The first-order valence-electron chi connectivity index (χ1n) is 9.89. The van der Waals surface area contributed by atoms with Crippen molar-refractivity contribution in [3.8, 4) is 0 Å². The molecule has 2 saturated heterocycles. The van der Waals surface area contributed by atoms with Crippen molar-refractivity contribution in [2.75, 3.05) is 45.6 Å². The van der Waals surface area contributed by atoms with Crippen molar-refractivity contribution in [2.45, 2.75) is 37.8 Å². The van der Waals surface area contributed by atoms with Crippen LogP contribution in [0.2, 0.25) is 0 Å². The molecule has 1 aromatic heterocycles. The van der Waals surface area contributed by atoms with Gasteiger partial charge in [0.2, 0.25) is 10.0 Å². The molecular weight excluding hydrogens is 382 g/mol. The minimum absolute atomic E-state index is 0.126. The van der Waals surface area contributed by atoms with Crippen molar-refractivity contribution in [3.05, 3.63) is 18.2 Å². The quantitative estimate of drug-likeness (QED) is 0.679. The summed E-state index contributed by atoms with van der Waals surface area (Å²) in [5, 5.41) is 2.99. The van der Waals surface area contributed by atoms with Crippen LogP contribution in [-0.4, -0.2) is 90.8 Å². The molecule has 3 rings (SSSR count). The molecule has 2 fully saturated rings. The summed E-state index contributed by atoms with van der Waals surface area (Å²) in [6.07, 6.45) is 8.03. The molecule has 1 amide bonds. The van der Waals surface area contributed by atoms with E-state index in [1.54, 1.807) is 28.4 Å². The fourth-order valence-corrected chi connectivity index (χ4v) is 5.02. The maximum atomic E-state index is 12.3. The van der Waals surface area contributed by atoms with Crippen LogP contribution in [0.15, 0.2) is 12.5 Å². The molecule has 10 heteroatoms. The predicted octanol–water partition coefficient (Wildman–Crippen LogP) is 0.0549. The number of carbonyl (C=O) groups is 1. The van der Waals surface area contributed by atoms with Gasteiger partial charge < -0.3 is 14.6 Å². The minimum atomic E-state index is -3.13. The lowest BCUT2D eigenvalue weighted by Crippen LogP contribution is -2.53. The van der Waals surface area contributed by atoms with Gasteiger partial charge in [-0.3, -0.25) is 9.69 Å². The minimum Gasteiger partial charge on any atom is -0.381 e. The van der Waals surface area contributed by atoms with E-state index in [2.05, 4.69) is 15.2 Å². The first-order valence-corrected chi connectivity index (χ1v) is 11.7. The van der Waals surface area contributed by atoms with Gasteiger partial charge in [0.05, 0.1) is 18.8 Å². The molecule has 158 valence electrons. The summed E-state index contributed by atoms with van der Waals surface area (Å²) >= 11 is 0. The number of aromatic nitrogens is 2. The van der Waals surface area contributed by atoms with E-state index in [4.69, 9.17) is 4.74 Å². The summed E-state index contributed by atoms with van der Waals surface area (Å²) in [7, 11) is -1.33. The lowest BCUT2D eigenvalue weighted by Gasteiger charge is -2.43. The van der Waals surface area contributed by atoms with Gasteiger partial charge in [-0.15, -0.1) is 0 Å². The van der Waals surface area contributed by atoms with Crippen molar-refractivity contribution in [1.29, 1.82) is 0 Å². The third-order valence-corrected chi connectivity index (χ3v) is 7.03. The van der Waals surface area contributed by atoms with Gasteiger partial charge in [0.15, 0.2) is 0 Å². The Balaban J connectivity index is 1.58. The molecule has 9 nitrogen and oxygen atoms in total. The normalized spacial score (nSPS) is 20.5. The van der Waals surface area contributed by atoms with Gasteiger partial charge in [0.25, 0.3) is 5.91 Å². The third kappa shape index (κ3) is 5.31. The van der Waals surface area contributed by atoms with Crippen molar-refractivity contribution in [3.63, 3.8) is 0 Å². The van der Waals surface area contributed by atoms with Gasteiger partial charge in [-0.05, 0) is 25.7 Å². The van der Waals surface area contributed by atoms with Crippen LogP contribution in [0.5, 0.6) is 0 Å². The highest BCUT2D eigenvalue weighted by Gasteiger charge is 2.32. The van der Waals surface area contributed by atoms with Crippen LogP contribution >= 0.6 is 0 Å². The number of aryl methyl sites for hydroxylation is 1. The molecule has 2 aliphatic heterocycles. The van der Waals surface area contributed by atoms with Crippen molar-refractivity contribution in [1.82, 2.24) is 24.1 Å². The molecule has 2 aliphatic rings. The number of sulfonamides is 1. The lowest BCUT2D eigenvalue weighted by atomic mass is 9.98. The number of nitrogens with zero attached hydrogens (tertiary/aromatic N) is 4. The average molecular weight is 414 g/mol. The number of hydrogen-bond acceptors (Lipinski definition) is 6. The zero-order valence-corrected chi connectivity index (χ0v) is 17.5. The topological polar surface area (TPSA) is 96.8 Å². The van der Waals surface area contributed by atoms with Gasteiger partial charge in [-0.25, -0.2) is 17.7 Å².